The summed E-state index contributed by atoms with van der Waals surface area (Å²) in [4.78, 5) is 0. The third-order valence-corrected chi connectivity index (χ3v) is 3.69. The molecule has 0 fully saturated rings. The van der Waals surface area contributed by atoms with Gasteiger partial charge < -0.3 is 4.74 Å². The van der Waals surface area contributed by atoms with E-state index in [-0.39, 0.29) is 11.7 Å². The third-order valence-electron chi connectivity index (χ3n) is 2.35. The fraction of sp³-hybridized carbons (Fsp3) is 0.500. The van der Waals surface area contributed by atoms with Gasteiger partial charge in [0.2, 0.25) is 9.05 Å². The predicted octanol–water partition coefficient (Wildman–Crippen LogP) is 2.83. The van der Waals surface area contributed by atoms with Gasteiger partial charge in [-0.3, -0.25) is 0 Å². The molecule has 5 heteroatoms. The molecule has 1 rings (SSSR count). The van der Waals surface area contributed by atoms with Crippen molar-refractivity contribution in [2.24, 2.45) is 5.92 Å². The Morgan fingerprint density at radius 3 is 2.35 bits per heavy atom. The highest BCUT2D eigenvalue weighted by atomic mass is 35.7. The number of halogens is 1. The molecule has 1 aromatic carbocycles. The molecule has 0 aliphatic heterocycles. The zero-order chi connectivity index (χ0) is 12.9. The van der Waals surface area contributed by atoms with Gasteiger partial charge in [0.1, 0.15) is 5.75 Å². The van der Waals surface area contributed by atoms with E-state index in [9.17, 15) is 8.42 Å². The lowest BCUT2D eigenvalue weighted by Crippen LogP contribution is -2.16. The van der Waals surface area contributed by atoms with Crippen molar-refractivity contribution < 1.29 is 13.2 Å². The van der Waals surface area contributed by atoms with Crippen molar-refractivity contribution in [3.8, 4) is 5.75 Å². The van der Waals surface area contributed by atoms with Crippen LogP contribution in [-0.2, 0) is 15.5 Å². The Labute approximate surface area is 107 Å². The summed E-state index contributed by atoms with van der Waals surface area (Å²) in [5.74, 6) is 0.561. The molecule has 0 bridgehead atoms. The molecule has 96 valence electrons. The zero-order valence-corrected chi connectivity index (χ0v) is 11.6. The summed E-state index contributed by atoms with van der Waals surface area (Å²) < 4.78 is 27.2. The second kappa shape index (κ2) is 6.26. The first-order chi connectivity index (χ1) is 7.90. The fourth-order valence-corrected chi connectivity index (χ4v) is 2.87. The summed E-state index contributed by atoms with van der Waals surface area (Å²) in [6.07, 6.45) is 0.987. The molecule has 0 N–H and O–H groups in total. The van der Waals surface area contributed by atoms with Crippen molar-refractivity contribution in [3.05, 3.63) is 29.8 Å². The Morgan fingerprint density at radius 1 is 1.29 bits per heavy atom. The van der Waals surface area contributed by atoms with E-state index in [1.165, 1.54) is 5.56 Å². The molecule has 1 aromatic rings. The van der Waals surface area contributed by atoms with Crippen LogP contribution in [-0.4, -0.2) is 20.8 Å². The largest absolute Gasteiger partial charge is 0.493 e. The first-order valence-electron chi connectivity index (χ1n) is 5.54. The van der Waals surface area contributed by atoms with E-state index < -0.39 is 9.05 Å². The molecule has 0 aliphatic carbocycles. The highest BCUT2D eigenvalue weighted by Crippen LogP contribution is 2.14. The molecular formula is C12H17ClO3S. The normalized spacial score (nSPS) is 13.4. The number of hydrogen-bond donors (Lipinski definition) is 0. The predicted molar refractivity (Wildman–Crippen MR) is 70.1 cm³/mol. The Morgan fingerprint density at radius 2 is 1.88 bits per heavy atom. The van der Waals surface area contributed by atoms with Gasteiger partial charge in [0, 0.05) is 16.6 Å². The lowest BCUT2D eigenvalue weighted by molar-refractivity contribution is 0.272. The molecular weight excluding hydrogens is 260 g/mol. The van der Waals surface area contributed by atoms with Crippen LogP contribution < -0.4 is 4.74 Å². The lowest BCUT2D eigenvalue weighted by atomic mass is 10.2. The van der Waals surface area contributed by atoms with E-state index in [2.05, 4.69) is 6.92 Å². The molecule has 0 saturated carbocycles. The molecule has 3 nitrogen and oxygen atoms in total. The summed E-state index contributed by atoms with van der Waals surface area (Å²) in [7, 11) is 1.72. The van der Waals surface area contributed by atoms with Crippen molar-refractivity contribution in [1.82, 2.24) is 0 Å². The standard InChI is InChI=1S/C12H17ClO3S/c1-3-11-4-6-12(7-5-11)16-8-10(2)9-17(13,14)15/h4-7,10H,3,8-9H2,1-2H3. The van der Waals surface area contributed by atoms with Crippen LogP contribution in [0.2, 0.25) is 0 Å². The fourth-order valence-electron chi connectivity index (χ4n) is 1.45. The molecule has 0 amide bonds. The third kappa shape index (κ3) is 5.94. The maximum Gasteiger partial charge on any atom is 0.232 e. The van der Waals surface area contributed by atoms with Gasteiger partial charge >= 0.3 is 0 Å². The molecule has 0 spiro atoms. The molecule has 0 saturated heterocycles. The summed E-state index contributed by atoms with van der Waals surface area (Å²) in [5, 5.41) is 0. The lowest BCUT2D eigenvalue weighted by Gasteiger charge is -2.11. The van der Waals surface area contributed by atoms with Gasteiger partial charge in [-0.25, -0.2) is 8.42 Å². The topological polar surface area (TPSA) is 43.4 Å². The van der Waals surface area contributed by atoms with Gasteiger partial charge in [-0.15, -0.1) is 0 Å². The first kappa shape index (κ1) is 14.3. The average molecular weight is 277 g/mol. The Kier molecular flexibility index (Phi) is 5.28. The first-order valence-corrected chi connectivity index (χ1v) is 8.02. The van der Waals surface area contributed by atoms with Crippen molar-refractivity contribution >= 4 is 19.7 Å². The van der Waals surface area contributed by atoms with Crippen molar-refractivity contribution in [3.63, 3.8) is 0 Å². The monoisotopic (exact) mass is 276 g/mol. The van der Waals surface area contributed by atoms with E-state index in [0.29, 0.717) is 6.61 Å². The molecule has 0 aromatic heterocycles. The highest BCUT2D eigenvalue weighted by Gasteiger charge is 2.13. The van der Waals surface area contributed by atoms with Crippen LogP contribution in [0.5, 0.6) is 5.75 Å². The van der Waals surface area contributed by atoms with Crippen molar-refractivity contribution in [2.75, 3.05) is 12.4 Å². The Balaban J connectivity index is 2.44. The van der Waals surface area contributed by atoms with Crippen LogP contribution in [0.4, 0.5) is 0 Å². The SMILES string of the molecule is CCc1ccc(OCC(C)CS(=O)(=O)Cl)cc1. The molecule has 0 aliphatic rings. The van der Waals surface area contributed by atoms with Crippen molar-refractivity contribution in [2.45, 2.75) is 20.3 Å². The minimum absolute atomic E-state index is 0.0679. The van der Waals surface area contributed by atoms with E-state index >= 15 is 0 Å². The summed E-state index contributed by atoms with van der Waals surface area (Å²) in [6, 6.07) is 7.78. The van der Waals surface area contributed by atoms with E-state index in [1.54, 1.807) is 6.92 Å². The average Bonchev–Trinajstić information content (AvgIpc) is 2.25. The molecule has 1 unspecified atom stereocenters. The van der Waals surface area contributed by atoms with Crippen LogP contribution in [0.25, 0.3) is 0 Å². The molecule has 17 heavy (non-hydrogen) atoms. The second-order valence-electron chi connectivity index (χ2n) is 4.12. The number of aryl methyl sites for hydroxylation is 1. The smallest absolute Gasteiger partial charge is 0.232 e. The highest BCUT2D eigenvalue weighted by molar-refractivity contribution is 8.13. The summed E-state index contributed by atoms with van der Waals surface area (Å²) >= 11 is 0. The van der Waals surface area contributed by atoms with Gasteiger partial charge in [-0.1, -0.05) is 26.0 Å². The van der Waals surface area contributed by atoms with Crippen LogP contribution in [0.15, 0.2) is 24.3 Å². The van der Waals surface area contributed by atoms with Gasteiger partial charge in [0.15, 0.2) is 0 Å². The zero-order valence-electron chi connectivity index (χ0n) is 10.0. The van der Waals surface area contributed by atoms with E-state index in [1.807, 2.05) is 24.3 Å². The molecule has 0 radical (unpaired) electrons. The summed E-state index contributed by atoms with van der Waals surface area (Å²) in [5.41, 5.74) is 1.24. The number of ether oxygens (including phenoxy) is 1. The number of hydrogen-bond acceptors (Lipinski definition) is 3. The van der Waals surface area contributed by atoms with Crippen LogP contribution in [0.1, 0.15) is 19.4 Å². The second-order valence-corrected chi connectivity index (χ2v) is 6.94. The quantitative estimate of drug-likeness (QED) is 0.751. The van der Waals surface area contributed by atoms with Crippen molar-refractivity contribution in [1.29, 1.82) is 0 Å². The number of rotatable bonds is 6. The Bertz CT molecular complexity index is 439. The van der Waals surface area contributed by atoms with Crippen LogP contribution >= 0.6 is 10.7 Å². The van der Waals surface area contributed by atoms with Gasteiger partial charge in [-0.05, 0) is 24.1 Å². The minimum atomic E-state index is -3.45. The minimum Gasteiger partial charge on any atom is -0.493 e. The van der Waals surface area contributed by atoms with Crippen LogP contribution in [0, 0.1) is 5.92 Å². The molecule has 1 atom stereocenters. The summed E-state index contributed by atoms with van der Waals surface area (Å²) in [6.45, 7) is 4.22. The van der Waals surface area contributed by atoms with E-state index in [4.69, 9.17) is 15.4 Å². The Hall–Kier alpha value is -0.740. The molecule has 0 heterocycles. The van der Waals surface area contributed by atoms with Gasteiger partial charge in [0.05, 0.1) is 12.4 Å². The van der Waals surface area contributed by atoms with Gasteiger partial charge in [0.25, 0.3) is 0 Å². The maximum atomic E-state index is 10.8. The maximum absolute atomic E-state index is 10.8. The van der Waals surface area contributed by atoms with Gasteiger partial charge in [-0.2, -0.15) is 0 Å². The van der Waals surface area contributed by atoms with E-state index in [0.717, 1.165) is 12.2 Å². The van der Waals surface area contributed by atoms with Crippen LogP contribution in [0.3, 0.4) is 0 Å². The number of benzene rings is 1.